The van der Waals surface area contributed by atoms with E-state index in [9.17, 15) is 9.59 Å². The van der Waals surface area contributed by atoms with Crippen LogP contribution in [0.1, 0.15) is 15.9 Å². The van der Waals surface area contributed by atoms with E-state index >= 15 is 0 Å². The molecule has 0 unspecified atom stereocenters. The van der Waals surface area contributed by atoms with Gasteiger partial charge in [-0.05, 0) is 18.1 Å². The van der Waals surface area contributed by atoms with Gasteiger partial charge in [0, 0.05) is 25.0 Å². The molecule has 1 aliphatic heterocycles. The van der Waals surface area contributed by atoms with Gasteiger partial charge in [-0.2, -0.15) is 0 Å². The fourth-order valence-electron chi connectivity index (χ4n) is 3.34. The number of nitrogens with zero attached hydrogens (tertiary/aromatic N) is 4. The summed E-state index contributed by atoms with van der Waals surface area (Å²) in [6.07, 6.45) is 1.59. The number of carbonyl (C=O) groups is 2. The quantitative estimate of drug-likeness (QED) is 0.573. The Kier molecular flexibility index (Phi) is 6.69. The highest BCUT2D eigenvalue weighted by Crippen LogP contribution is 2.40. The maximum absolute atomic E-state index is 13.4. The van der Waals surface area contributed by atoms with Crippen molar-refractivity contribution >= 4 is 39.9 Å². The van der Waals surface area contributed by atoms with Crippen LogP contribution in [0.4, 0.5) is 5.00 Å². The Labute approximate surface area is 188 Å². The van der Waals surface area contributed by atoms with Crippen molar-refractivity contribution in [3.8, 4) is 10.4 Å². The lowest BCUT2D eigenvalue weighted by molar-refractivity contribution is -0.113. The average molecular weight is 458 g/mol. The van der Waals surface area contributed by atoms with Crippen molar-refractivity contribution in [1.29, 1.82) is 0 Å². The zero-order chi connectivity index (χ0) is 21.8. The number of anilines is 1. The predicted molar refractivity (Wildman–Crippen MR) is 122 cm³/mol. The Morgan fingerprint density at radius 1 is 1.23 bits per heavy atom. The lowest BCUT2D eigenvalue weighted by atomic mass is 10.1. The summed E-state index contributed by atoms with van der Waals surface area (Å²) in [5.41, 5.74) is 2.46. The summed E-state index contributed by atoms with van der Waals surface area (Å²) >= 11 is 2.73. The zero-order valence-electron chi connectivity index (χ0n) is 17.3. The SMILES string of the molecule is Cc1c(-c2ccccc2)sc(NC(=O)CSc2nncn2C)c1C(=O)N1CCOCC1. The van der Waals surface area contributed by atoms with E-state index in [4.69, 9.17) is 4.74 Å². The van der Waals surface area contributed by atoms with Gasteiger partial charge in [-0.1, -0.05) is 42.1 Å². The fraction of sp³-hybridized carbons (Fsp3) is 0.333. The fourth-order valence-corrected chi connectivity index (χ4v) is 5.25. The van der Waals surface area contributed by atoms with Crippen molar-refractivity contribution in [2.75, 3.05) is 37.4 Å². The molecule has 3 aromatic rings. The van der Waals surface area contributed by atoms with E-state index in [1.807, 2.05) is 44.3 Å². The van der Waals surface area contributed by atoms with Crippen molar-refractivity contribution in [3.63, 3.8) is 0 Å². The summed E-state index contributed by atoms with van der Waals surface area (Å²) in [7, 11) is 1.83. The van der Waals surface area contributed by atoms with Crippen LogP contribution in [0.15, 0.2) is 41.8 Å². The third-order valence-corrected chi connectivity index (χ3v) is 7.24. The van der Waals surface area contributed by atoms with Crippen molar-refractivity contribution < 1.29 is 14.3 Å². The standard InChI is InChI=1S/C21H23N5O3S2/c1-14-17(20(28)26-8-10-29-11-9-26)19(31-18(14)15-6-4-3-5-7-15)23-16(27)12-30-21-24-22-13-25(21)2/h3-7,13H,8-12H2,1-2H3,(H,23,27). The Morgan fingerprint density at radius 3 is 2.65 bits per heavy atom. The van der Waals surface area contributed by atoms with Crippen molar-refractivity contribution in [2.24, 2.45) is 7.05 Å². The summed E-state index contributed by atoms with van der Waals surface area (Å²) in [5, 5.41) is 12.0. The van der Waals surface area contributed by atoms with Gasteiger partial charge in [0.15, 0.2) is 5.16 Å². The smallest absolute Gasteiger partial charge is 0.257 e. The largest absolute Gasteiger partial charge is 0.378 e. The number of thioether (sulfide) groups is 1. The molecule has 162 valence electrons. The second kappa shape index (κ2) is 9.63. The van der Waals surface area contributed by atoms with E-state index in [-0.39, 0.29) is 17.6 Å². The topological polar surface area (TPSA) is 89.3 Å². The monoisotopic (exact) mass is 457 g/mol. The first-order valence-electron chi connectivity index (χ1n) is 9.87. The van der Waals surface area contributed by atoms with Crippen LogP contribution in [-0.2, 0) is 16.6 Å². The molecule has 0 aliphatic carbocycles. The molecular weight excluding hydrogens is 434 g/mol. The molecule has 2 aromatic heterocycles. The highest BCUT2D eigenvalue weighted by molar-refractivity contribution is 7.99. The minimum atomic E-state index is -0.190. The lowest BCUT2D eigenvalue weighted by Crippen LogP contribution is -2.41. The minimum Gasteiger partial charge on any atom is -0.378 e. The van der Waals surface area contributed by atoms with Crippen LogP contribution in [0.3, 0.4) is 0 Å². The molecule has 1 aliphatic rings. The van der Waals surface area contributed by atoms with Crippen LogP contribution in [0, 0.1) is 6.92 Å². The molecule has 31 heavy (non-hydrogen) atoms. The number of rotatable bonds is 6. The molecule has 0 spiro atoms. The molecule has 1 N–H and O–H groups in total. The lowest BCUT2D eigenvalue weighted by Gasteiger charge is -2.27. The number of hydrogen-bond donors (Lipinski definition) is 1. The first-order chi connectivity index (χ1) is 15.0. The average Bonchev–Trinajstić information content (AvgIpc) is 3.35. The number of aromatic nitrogens is 3. The number of nitrogens with one attached hydrogen (secondary N) is 1. The molecular formula is C21H23N5O3S2. The number of hydrogen-bond acceptors (Lipinski definition) is 7. The minimum absolute atomic E-state index is 0.0736. The van der Waals surface area contributed by atoms with Gasteiger partial charge in [0.05, 0.1) is 24.5 Å². The van der Waals surface area contributed by atoms with Crippen LogP contribution in [-0.4, -0.2) is 63.5 Å². The number of aryl methyl sites for hydroxylation is 1. The molecule has 1 fully saturated rings. The number of benzene rings is 1. The molecule has 2 amide bonds. The Balaban J connectivity index is 1.60. The van der Waals surface area contributed by atoms with E-state index in [0.29, 0.717) is 42.0 Å². The maximum atomic E-state index is 13.4. The van der Waals surface area contributed by atoms with Crippen LogP contribution in [0.2, 0.25) is 0 Å². The number of amides is 2. The summed E-state index contributed by atoms with van der Waals surface area (Å²) < 4.78 is 7.14. The molecule has 0 saturated carbocycles. The summed E-state index contributed by atoms with van der Waals surface area (Å²) in [6.45, 7) is 4.08. The Bertz CT molecular complexity index is 1070. The second-order valence-electron chi connectivity index (χ2n) is 7.09. The summed E-state index contributed by atoms with van der Waals surface area (Å²) in [5.74, 6) is -0.0876. The van der Waals surface area contributed by atoms with Crippen LogP contribution in [0.25, 0.3) is 10.4 Å². The maximum Gasteiger partial charge on any atom is 0.257 e. The molecule has 0 atom stereocenters. The summed E-state index contributed by atoms with van der Waals surface area (Å²) in [4.78, 5) is 28.8. The van der Waals surface area contributed by atoms with Gasteiger partial charge in [0.1, 0.15) is 11.3 Å². The van der Waals surface area contributed by atoms with Gasteiger partial charge in [-0.3, -0.25) is 9.59 Å². The first kappa shape index (κ1) is 21.5. The van der Waals surface area contributed by atoms with Crippen LogP contribution < -0.4 is 5.32 Å². The number of carbonyl (C=O) groups excluding carboxylic acids is 2. The first-order valence-corrected chi connectivity index (χ1v) is 11.7. The van der Waals surface area contributed by atoms with Gasteiger partial charge in [-0.25, -0.2) is 0 Å². The van der Waals surface area contributed by atoms with Crippen LogP contribution >= 0.6 is 23.1 Å². The van der Waals surface area contributed by atoms with Gasteiger partial charge in [-0.15, -0.1) is 21.5 Å². The highest BCUT2D eigenvalue weighted by atomic mass is 32.2. The van der Waals surface area contributed by atoms with E-state index in [2.05, 4.69) is 15.5 Å². The molecule has 4 rings (SSSR count). The van der Waals surface area contributed by atoms with Crippen molar-refractivity contribution in [2.45, 2.75) is 12.1 Å². The normalized spacial score (nSPS) is 13.9. The molecule has 8 nitrogen and oxygen atoms in total. The third-order valence-electron chi connectivity index (χ3n) is 4.95. The molecule has 0 radical (unpaired) electrons. The molecule has 1 saturated heterocycles. The Hall–Kier alpha value is -2.69. The zero-order valence-corrected chi connectivity index (χ0v) is 19.0. The number of morpholine rings is 1. The van der Waals surface area contributed by atoms with E-state index in [1.165, 1.54) is 23.1 Å². The molecule has 10 heteroatoms. The van der Waals surface area contributed by atoms with Gasteiger partial charge >= 0.3 is 0 Å². The molecule has 0 bridgehead atoms. The van der Waals surface area contributed by atoms with Gasteiger partial charge < -0.3 is 19.5 Å². The Morgan fingerprint density at radius 2 is 1.97 bits per heavy atom. The summed E-state index contributed by atoms with van der Waals surface area (Å²) in [6, 6.07) is 9.91. The van der Waals surface area contributed by atoms with Gasteiger partial charge in [0.2, 0.25) is 5.91 Å². The predicted octanol–water partition coefficient (Wildman–Crippen LogP) is 3.06. The number of ether oxygens (including phenoxy) is 1. The third kappa shape index (κ3) is 4.81. The highest BCUT2D eigenvalue weighted by Gasteiger charge is 2.28. The van der Waals surface area contributed by atoms with Gasteiger partial charge in [0.25, 0.3) is 5.91 Å². The van der Waals surface area contributed by atoms with Crippen molar-refractivity contribution in [3.05, 3.63) is 47.8 Å². The second-order valence-corrected chi connectivity index (χ2v) is 9.06. The van der Waals surface area contributed by atoms with E-state index in [1.54, 1.807) is 15.8 Å². The molecule has 1 aromatic carbocycles. The van der Waals surface area contributed by atoms with E-state index < -0.39 is 0 Å². The molecule has 3 heterocycles. The van der Waals surface area contributed by atoms with E-state index in [0.717, 1.165) is 16.0 Å². The number of thiophene rings is 1. The van der Waals surface area contributed by atoms with Crippen molar-refractivity contribution in [1.82, 2.24) is 19.7 Å². The van der Waals surface area contributed by atoms with Crippen LogP contribution in [0.5, 0.6) is 0 Å².